The van der Waals surface area contributed by atoms with Gasteiger partial charge in [-0.1, -0.05) is 17.7 Å². The van der Waals surface area contributed by atoms with E-state index >= 15 is 0 Å². The minimum absolute atomic E-state index is 0.147. The average Bonchev–Trinajstić information content (AvgIpc) is 3.25. The van der Waals surface area contributed by atoms with Crippen LogP contribution in [0.5, 0.6) is 0 Å². The third kappa shape index (κ3) is 3.95. The second-order valence-electron chi connectivity index (χ2n) is 5.97. The maximum atomic E-state index is 13.0. The molecular formula is C19H15FN4O2S. The molecule has 4 rings (SSSR count). The standard InChI is InChI=1S/C19H15FN4O2S/c1-12-2-8-15(9-3-12)21-18-22-16(11-27-18)10-24-19(25)26-17(23-24)13-4-6-14(20)7-5-13/h2-9,11H,10H2,1H3,(H,21,22). The lowest BCUT2D eigenvalue weighted by atomic mass is 10.2. The number of halogens is 1. The molecule has 27 heavy (non-hydrogen) atoms. The fourth-order valence-electron chi connectivity index (χ4n) is 2.47. The fourth-order valence-corrected chi connectivity index (χ4v) is 3.19. The topological polar surface area (TPSA) is 73.0 Å². The lowest BCUT2D eigenvalue weighted by Crippen LogP contribution is -2.16. The van der Waals surface area contributed by atoms with E-state index in [0.717, 1.165) is 10.8 Å². The van der Waals surface area contributed by atoms with E-state index < -0.39 is 5.76 Å². The van der Waals surface area contributed by atoms with Gasteiger partial charge in [0.25, 0.3) is 0 Å². The molecule has 0 fully saturated rings. The molecule has 2 aromatic carbocycles. The van der Waals surface area contributed by atoms with Gasteiger partial charge in [-0.15, -0.1) is 16.4 Å². The molecule has 0 aliphatic heterocycles. The molecule has 0 atom stereocenters. The smallest absolute Gasteiger partial charge is 0.388 e. The molecule has 0 spiro atoms. The molecule has 0 radical (unpaired) electrons. The van der Waals surface area contributed by atoms with Crippen LogP contribution in [-0.4, -0.2) is 14.8 Å². The highest BCUT2D eigenvalue weighted by Crippen LogP contribution is 2.22. The zero-order valence-electron chi connectivity index (χ0n) is 14.3. The normalized spacial score (nSPS) is 10.9. The van der Waals surface area contributed by atoms with Crippen molar-refractivity contribution in [1.82, 2.24) is 14.8 Å². The van der Waals surface area contributed by atoms with Crippen molar-refractivity contribution in [1.29, 1.82) is 0 Å². The van der Waals surface area contributed by atoms with Crippen LogP contribution in [0.2, 0.25) is 0 Å². The zero-order valence-corrected chi connectivity index (χ0v) is 15.2. The van der Waals surface area contributed by atoms with Crippen LogP contribution in [0.4, 0.5) is 15.2 Å². The van der Waals surface area contributed by atoms with E-state index in [4.69, 9.17) is 4.42 Å². The summed E-state index contributed by atoms with van der Waals surface area (Å²) in [6.45, 7) is 2.22. The molecule has 6 nitrogen and oxygen atoms in total. The van der Waals surface area contributed by atoms with Crippen molar-refractivity contribution in [3.05, 3.63) is 81.5 Å². The Labute approximate surface area is 157 Å². The summed E-state index contributed by atoms with van der Waals surface area (Å²) in [6, 6.07) is 13.6. The summed E-state index contributed by atoms with van der Waals surface area (Å²) in [7, 11) is 0. The lowest BCUT2D eigenvalue weighted by molar-refractivity contribution is 0.493. The molecule has 0 bridgehead atoms. The van der Waals surface area contributed by atoms with Crippen molar-refractivity contribution in [3.8, 4) is 11.5 Å². The number of aryl methyl sites for hydroxylation is 1. The Balaban J connectivity index is 1.50. The first-order valence-electron chi connectivity index (χ1n) is 8.19. The quantitative estimate of drug-likeness (QED) is 0.560. The van der Waals surface area contributed by atoms with Crippen LogP contribution in [0.3, 0.4) is 0 Å². The van der Waals surface area contributed by atoms with Gasteiger partial charge in [-0.3, -0.25) is 0 Å². The van der Waals surface area contributed by atoms with E-state index in [1.165, 1.54) is 45.8 Å². The summed E-state index contributed by atoms with van der Waals surface area (Å²) in [5, 5.41) is 9.98. The Bertz CT molecular complexity index is 1110. The second kappa shape index (κ2) is 7.16. The summed E-state index contributed by atoms with van der Waals surface area (Å²) in [4.78, 5) is 16.5. The maximum absolute atomic E-state index is 13.0. The van der Waals surface area contributed by atoms with Crippen LogP contribution < -0.4 is 11.1 Å². The van der Waals surface area contributed by atoms with Crippen LogP contribution in [0, 0.1) is 12.7 Å². The van der Waals surface area contributed by atoms with Gasteiger partial charge >= 0.3 is 5.76 Å². The van der Waals surface area contributed by atoms with Crippen molar-refractivity contribution >= 4 is 22.2 Å². The van der Waals surface area contributed by atoms with E-state index in [1.807, 2.05) is 36.6 Å². The van der Waals surface area contributed by atoms with Gasteiger partial charge in [-0.25, -0.2) is 14.2 Å². The predicted octanol–water partition coefficient (Wildman–Crippen LogP) is 4.20. The van der Waals surface area contributed by atoms with Crippen molar-refractivity contribution in [2.75, 3.05) is 5.32 Å². The van der Waals surface area contributed by atoms with Crippen molar-refractivity contribution in [3.63, 3.8) is 0 Å². The molecule has 136 valence electrons. The van der Waals surface area contributed by atoms with Crippen LogP contribution in [0.1, 0.15) is 11.3 Å². The highest BCUT2D eigenvalue weighted by atomic mass is 32.1. The van der Waals surface area contributed by atoms with E-state index in [2.05, 4.69) is 15.4 Å². The van der Waals surface area contributed by atoms with Crippen molar-refractivity contribution < 1.29 is 8.81 Å². The van der Waals surface area contributed by atoms with Gasteiger partial charge < -0.3 is 9.73 Å². The lowest BCUT2D eigenvalue weighted by Gasteiger charge is -2.02. The van der Waals surface area contributed by atoms with Crippen LogP contribution in [-0.2, 0) is 6.54 Å². The van der Waals surface area contributed by atoms with Crippen molar-refractivity contribution in [2.24, 2.45) is 0 Å². The van der Waals surface area contributed by atoms with E-state index in [9.17, 15) is 9.18 Å². The first-order valence-corrected chi connectivity index (χ1v) is 9.07. The summed E-state index contributed by atoms with van der Waals surface area (Å²) in [5.41, 5.74) is 3.35. The minimum atomic E-state index is -0.588. The Hall–Kier alpha value is -3.26. The molecule has 4 aromatic rings. The molecule has 0 amide bonds. The van der Waals surface area contributed by atoms with Crippen LogP contribution in [0.15, 0.2) is 63.1 Å². The monoisotopic (exact) mass is 382 g/mol. The molecule has 0 unspecified atom stereocenters. The Morgan fingerprint density at radius 3 is 2.63 bits per heavy atom. The highest BCUT2D eigenvalue weighted by molar-refractivity contribution is 7.13. The first-order chi connectivity index (χ1) is 13.1. The summed E-state index contributed by atoms with van der Waals surface area (Å²) in [6.07, 6.45) is 0. The summed E-state index contributed by atoms with van der Waals surface area (Å²) >= 11 is 1.44. The van der Waals surface area contributed by atoms with Gasteiger partial charge in [0.2, 0.25) is 5.89 Å². The number of nitrogens with one attached hydrogen (secondary N) is 1. The van der Waals surface area contributed by atoms with E-state index in [1.54, 1.807) is 0 Å². The Morgan fingerprint density at radius 1 is 1.15 bits per heavy atom. The highest BCUT2D eigenvalue weighted by Gasteiger charge is 2.12. The van der Waals surface area contributed by atoms with Crippen LogP contribution in [0.25, 0.3) is 11.5 Å². The summed E-state index contributed by atoms with van der Waals surface area (Å²) in [5.74, 6) is -0.805. The predicted molar refractivity (Wildman–Crippen MR) is 102 cm³/mol. The average molecular weight is 382 g/mol. The van der Waals surface area contributed by atoms with Gasteiger partial charge in [0.05, 0.1) is 12.2 Å². The second-order valence-corrected chi connectivity index (χ2v) is 6.83. The minimum Gasteiger partial charge on any atom is -0.388 e. The molecule has 0 saturated carbocycles. The number of anilines is 2. The van der Waals surface area contributed by atoms with Crippen molar-refractivity contribution in [2.45, 2.75) is 13.5 Å². The third-order valence-corrected chi connectivity index (χ3v) is 4.67. The Kier molecular flexibility index (Phi) is 4.55. The fraction of sp³-hybridized carbons (Fsp3) is 0.105. The number of hydrogen-bond donors (Lipinski definition) is 1. The molecule has 0 saturated heterocycles. The first kappa shape index (κ1) is 17.2. The van der Waals surface area contributed by atoms with Gasteiger partial charge in [0.1, 0.15) is 5.82 Å². The third-order valence-electron chi connectivity index (χ3n) is 3.86. The molecular weight excluding hydrogens is 367 g/mol. The van der Waals surface area contributed by atoms with E-state index in [-0.39, 0.29) is 18.3 Å². The maximum Gasteiger partial charge on any atom is 0.437 e. The molecule has 2 aromatic heterocycles. The number of nitrogens with zero attached hydrogens (tertiary/aromatic N) is 3. The van der Waals surface area contributed by atoms with Gasteiger partial charge in [-0.05, 0) is 43.3 Å². The number of hydrogen-bond acceptors (Lipinski definition) is 6. The largest absolute Gasteiger partial charge is 0.437 e. The number of thiazole rings is 1. The molecule has 2 heterocycles. The molecule has 0 aliphatic carbocycles. The molecule has 1 N–H and O–H groups in total. The number of benzene rings is 2. The van der Waals surface area contributed by atoms with Gasteiger partial charge in [0, 0.05) is 16.6 Å². The zero-order chi connectivity index (χ0) is 18.8. The van der Waals surface area contributed by atoms with Crippen LogP contribution >= 0.6 is 11.3 Å². The number of rotatable bonds is 5. The van der Waals surface area contributed by atoms with E-state index in [0.29, 0.717) is 11.3 Å². The number of aromatic nitrogens is 3. The SMILES string of the molecule is Cc1ccc(Nc2nc(Cn3nc(-c4ccc(F)cc4)oc3=O)cs2)cc1. The van der Waals surface area contributed by atoms with Gasteiger partial charge in [0.15, 0.2) is 5.13 Å². The Morgan fingerprint density at radius 2 is 1.89 bits per heavy atom. The van der Waals surface area contributed by atoms with Gasteiger partial charge in [-0.2, -0.15) is 4.68 Å². The molecule has 0 aliphatic rings. The summed E-state index contributed by atoms with van der Waals surface area (Å²) < 4.78 is 19.4. The molecule has 8 heteroatoms.